The average molecular weight is 270 g/mol. The third-order valence-corrected chi connectivity index (χ3v) is 3.84. The summed E-state index contributed by atoms with van der Waals surface area (Å²) in [5.41, 5.74) is 3.76. The van der Waals surface area contributed by atoms with Gasteiger partial charge in [0.05, 0.1) is 17.6 Å². The van der Waals surface area contributed by atoms with Crippen molar-refractivity contribution in [2.45, 2.75) is 25.8 Å². The molecule has 1 aliphatic rings. The molecule has 4 heteroatoms. The molecule has 0 spiro atoms. The van der Waals surface area contributed by atoms with Crippen molar-refractivity contribution in [2.75, 3.05) is 23.3 Å². The summed E-state index contributed by atoms with van der Waals surface area (Å²) in [7, 11) is 1.95. The van der Waals surface area contributed by atoms with E-state index in [1.807, 2.05) is 17.9 Å². The number of hydrogen-bond donors (Lipinski definition) is 1. The Balaban J connectivity index is 1.72. The predicted molar refractivity (Wildman–Crippen MR) is 83.0 cm³/mol. The monoisotopic (exact) mass is 270 g/mol. The van der Waals surface area contributed by atoms with E-state index in [2.05, 4.69) is 45.8 Å². The van der Waals surface area contributed by atoms with E-state index < -0.39 is 0 Å². The minimum absolute atomic E-state index is 0.818. The first-order valence-corrected chi connectivity index (χ1v) is 7.38. The van der Waals surface area contributed by atoms with Crippen molar-refractivity contribution in [3.8, 4) is 0 Å². The molecule has 1 N–H and O–H groups in total. The van der Waals surface area contributed by atoms with Crippen molar-refractivity contribution >= 4 is 11.4 Å². The van der Waals surface area contributed by atoms with Gasteiger partial charge in [-0.15, -0.1) is 0 Å². The molecular weight excluding hydrogens is 248 g/mol. The maximum Gasteiger partial charge on any atom is 0.0602 e. The van der Waals surface area contributed by atoms with Gasteiger partial charge >= 0.3 is 0 Å². The van der Waals surface area contributed by atoms with Crippen LogP contribution in [0.4, 0.5) is 11.4 Å². The Bertz CT molecular complexity index is 555. The van der Waals surface area contributed by atoms with E-state index in [4.69, 9.17) is 0 Å². The van der Waals surface area contributed by atoms with Gasteiger partial charge < -0.3 is 10.2 Å². The van der Waals surface area contributed by atoms with Crippen LogP contribution in [0.25, 0.3) is 0 Å². The smallest absolute Gasteiger partial charge is 0.0602 e. The second-order valence-corrected chi connectivity index (χ2v) is 5.44. The minimum atomic E-state index is 0.818. The Morgan fingerprint density at radius 1 is 1.15 bits per heavy atom. The van der Waals surface area contributed by atoms with Gasteiger partial charge in [-0.2, -0.15) is 5.10 Å². The van der Waals surface area contributed by atoms with Crippen LogP contribution in [0.1, 0.15) is 24.8 Å². The van der Waals surface area contributed by atoms with Gasteiger partial charge in [0.15, 0.2) is 0 Å². The topological polar surface area (TPSA) is 33.1 Å². The summed E-state index contributed by atoms with van der Waals surface area (Å²) in [6, 6.07) is 8.61. The lowest BCUT2D eigenvalue weighted by Crippen LogP contribution is -2.30. The first-order valence-electron chi connectivity index (χ1n) is 7.38. The van der Waals surface area contributed by atoms with Crippen LogP contribution in [-0.2, 0) is 13.6 Å². The molecule has 3 rings (SSSR count). The second-order valence-electron chi connectivity index (χ2n) is 5.44. The normalized spacial score (nSPS) is 15.3. The number of nitrogens with one attached hydrogen (secondary N) is 1. The summed E-state index contributed by atoms with van der Waals surface area (Å²) >= 11 is 0. The highest BCUT2D eigenvalue weighted by Crippen LogP contribution is 2.28. The molecule has 0 unspecified atom stereocenters. The summed E-state index contributed by atoms with van der Waals surface area (Å²) in [4.78, 5) is 2.50. The van der Waals surface area contributed by atoms with E-state index in [1.54, 1.807) is 0 Å². The van der Waals surface area contributed by atoms with Gasteiger partial charge in [-0.3, -0.25) is 4.68 Å². The van der Waals surface area contributed by atoms with Crippen LogP contribution in [0.3, 0.4) is 0 Å². The molecule has 106 valence electrons. The lowest BCUT2D eigenvalue weighted by Gasteiger charge is -2.30. The van der Waals surface area contributed by atoms with Crippen LogP contribution in [0.15, 0.2) is 36.7 Å². The standard InChI is InChI=1S/C16H22N4/c1-19-13-14(12-18-19)11-17-15-7-3-4-8-16(15)20-9-5-2-6-10-20/h3-4,7-8,12-13,17H,2,5-6,9-11H2,1H3. The number of hydrogen-bond acceptors (Lipinski definition) is 3. The van der Waals surface area contributed by atoms with Crippen LogP contribution in [0.5, 0.6) is 0 Å². The zero-order valence-corrected chi connectivity index (χ0v) is 12.0. The minimum Gasteiger partial charge on any atom is -0.379 e. The molecule has 1 fully saturated rings. The summed E-state index contributed by atoms with van der Waals surface area (Å²) < 4.78 is 1.84. The van der Waals surface area contributed by atoms with E-state index in [9.17, 15) is 0 Å². The van der Waals surface area contributed by atoms with Gasteiger partial charge in [-0.1, -0.05) is 12.1 Å². The zero-order valence-electron chi connectivity index (χ0n) is 12.0. The number of rotatable bonds is 4. The van der Waals surface area contributed by atoms with Crippen molar-refractivity contribution in [3.05, 3.63) is 42.2 Å². The molecule has 1 aromatic carbocycles. The third-order valence-electron chi connectivity index (χ3n) is 3.84. The molecule has 0 amide bonds. The number of aromatic nitrogens is 2. The highest BCUT2D eigenvalue weighted by molar-refractivity contribution is 5.70. The fourth-order valence-corrected chi connectivity index (χ4v) is 2.79. The van der Waals surface area contributed by atoms with E-state index in [0.29, 0.717) is 0 Å². The third kappa shape index (κ3) is 2.95. The van der Waals surface area contributed by atoms with Crippen molar-refractivity contribution in [3.63, 3.8) is 0 Å². The Morgan fingerprint density at radius 2 is 1.95 bits per heavy atom. The number of para-hydroxylation sites is 2. The Hall–Kier alpha value is -1.97. The quantitative estimate of drug-likeness (QED) is 0.927. The summed E-state index contributed by atoms with van der Waals surface area (Å²) in [5, 5.41) is 7.75. The molecule has 20 heavy (non-hydrogen) atoms. The first-order chi connectivity index (χ1) is 9.83. The van der Waals surface area contributed by atoms with Crippen LogP contribution in [0, 0.1) is 0 Å². The molecule has 0 saturated carbocycles. The lowest BCUT2D eigenvalue weighted by molar-refractivity contribution is 0.578. The number of anilines is 2. The van der Waals surface area contributed by atoms with E-state index >= 15 is 0 Å². The van der Waals surface area contributed by atoms with E-state index in [0.717, 1.165) is 6.54 Å². The summed E-state index contributed by atoms with van der Waals surface area (Å²) in [6.45, 7) is 3.16. The fourth-order valence-electron chi connectivity index (χ4n) is 2.79. The Kier molecular flexibility index (Phi) is 3.90. The van der Waals surface area contributed by atoms with Crippen LogP contribution >= 0.6 is 0 Å². The molecule has 4 nitrogen and oxygen atoms in total. The SMILES string of the molecule is Cn1cc(CNc2ccccc2N2CCCCC2)cn1. The molecular formula is C16H22N4. The molecule has 1 saturated heterocycles. The number of nitrogens with zero attached hydrogens (tertiary/aromatic N) is 3. The van der Waals surface area contributed by atoms with Gasteiger partial charge in [-0.25, -0.2) is 0 Å². The zero-order chi connectivity index (χ0) is 13.8. The van der Waals surface area contributed by atoms with Crippen molar-refractivity contribution in [2.24, 2.45) is 7.05 Å². The van der Waals surface area contributed by atoms with Gasteiger partial charge in [0, 0.05) is 38.4 Å². The molecule has 1 aliphatic heterocycles. The summed E-state index contributed by atoms with van der Waals surface area (Å²) in [6.07, 6.45) is 7.93. The van der Waals surface area contributed by atoms with Gasteiger partial charge in [0.25, 0.3) is 0 Å². The molecule has 0 aliphatic carbocycles. The molecule has 0 radical (unpaired) electrons. The number of benzene rings is 1. The Labute approximate surface area is 120 Å². The van der Waals surface area contributed by atoms with Gasteiger partial charge in [-0.05, 0) is 31.4 Å². The highest BCUT2D eigenvalue weighted by Gasteiger charge is 2.13. The second kappa shape index (κ2) is 5.99. The Morgan fingerprint density at radius 3 is 2.70 bits per heavy atom. The van der Waals surface area contributed by atoms with Crippen LogP contribution in [-0.4, -0.2) is 22.9 Å². The van der Waals surface area contributed by atoms with Crippen LogP contribution < -0.4 is 10.2 Å². The summed E-state index contributed by atoms with van der Waals surface area (Å²) in [5.74, 6) is 0. The van der Waals surface area contributed by atoms with Crippen molar-refractivity contribution in [1.82, 2.24) is 9.78 Å². The van der Waals surface area contributed by atoms with Gasteiger partial charge in [0.2, 0.25) is 0 Å². The highest BCUT2D eigenvalue weighted by atomic mass is 15.2. The average Bonchev–Trinajstić information content (AvgIpc) is 2.92. The van der Waals surface area contributed by atoms with Crippen molar-refractivity contribution in [1.29, 1.82) is 0 Å². The van der Waals surface area contributed by atoms with E-state index in [1.165, 1.54) is 49.3 Å². The maximum absolute atomic E-state index is 4.21. The lowest BCUT2D eigenvalue weighted by atomic mass is 10.1. The fraction of sp³-hybridized carbons (Fsp3) is 0.438. The number of piperidine rings is 1. The molecule has 2 heterocycles. The van der Waals surface area contributed by atoms with Gasteiger partial charge in [0.1, 0.15) is 0 Å². The maximum atomic E-state index is 4.21. The molecule has 2 aromatic rings. The molecule has 0 bridgehead atoms. The first kappa shape index (κ1) is 13.0. The predicted octanol–water partition coefficient (Wildman–Crippen LogP) is 3.02. The van der Waals surface area contributed by atoms with Crippen LogP contribution in [0.2, 0.25) is 0 Å². The number of aryl methyl sites for hydroxylation is 1. The molecule has 1 aromatic heterocycles. The van der Waals surface area contributed by atoms with Crippen molar-refractivity contribution < 1.29 is 0 Å². The molecule has 0 atom stereocenters. The van der Waals surface area contributed by atoms with E-state index in [-0.39, 0.29) is 0 Å². The largest absolute Gasteiger partial charge is 0.379 e.